The molecule has 0 aliphatic rings. The molecule has 0 heterocycles. The lowest BCUT2D eigenvalue weighted by molar-refractivity contribution is 0.482. The fraction of sp³-hybridized carbons (Fsp3) is 0. The van der Waals surface area contributed by atoms with Crippen molar-refractivity contribution in [3.63, 3.8) is 0 Å². The number of ether oxygens (including phenoxy) is 1. The van der Waals surface area contributed by atoms with Crippen molar-refractivity contribution in [3.05, 3.63) is 58.1 Å². The van der Waals surface area contributed by atoms with Crippen LogP contribution in [0.2, 0.25) is 10.0 Å². The molecule has 17 heavy (non-hydrogen) atoms. The summed E-state index contributed by atoms with van der Waals surface area (Å²) < 4.78 is 5.56. The fourth-order valence-corrected chi connectivity index (χ4v) is 1.63. The second kappa shape index (κ2) is 5.09. The smallest absolute Gasteiger partial charge is 0.129 e. The van der Waals surface area contributed by atoms with Gasteiger partial charge in [0, 0.05) is 11.1 Å². The summed E-state index contributed by atoms with van der Waals surface area (Å²) in [5, 5.41) is 9.76. The van der Waals surface area contributed by atoms with E-state index in [1.165, 1.54) is 0 Å². The van der Waals surface area contributed by atoms with Gasteiger partial charge in [0.05, 0.1) is 10.6 Å². The Morgan fingerprint density at radius 3 is 2.18 bits per heavy atom. The van der Waals surface area contributed by atoms with Crippen LogP contribution >= 0.6 is 23.2 Å². The molecule has 0 radical (unpaired) electrons. The van der Waals surface area contributed by atoms with Crippen LogP contribution in [0.1, 0.15) is 5.56 Å². The number of halogens is 2. The molecule has 0 atom stereocenters. The van der Waals surface area contributed by atoms with Gasteiger partial charge in [-0.25, -0.2) is 0 Å². The van der Waals surface area contributed by atoms with Crippen LogP contribution in [0.4, 0.5) is 0 Å². The third-order valence-corrected chi connectivity index (χ3v) is 2.68. The zero-order chi connectivity index (χ0) is 12.3. The lowest BCUT2D eigenvalue weighted by Gasteiger charge is -2.06. The molecule has 0 saturated carbocycles. The number of benzene rings is 2. The van der Waals surface area contributed by atoms with Crippen molar-refractivity contribution in [1.29, 1.82) is 5.26 Å². The molecule has 0 aliphatic heterocycles. The topological polar surface area (TPSA) is 33.0 Å². The van der Waals surface area contributed by atoms with E-state index >= 15 is 0 Å². The van der Waals surface area contributed by atoms with Crippen LogP contribution in [0.25, 0.3) is 0 Å². The van der Waals surface area contributed by atoms with Crippen LogP contribution in [-0.4, -0.2) is 0 Å². The summed E-state index contributed by atoms with van der Waals surface area (Å²) in [6.07, 6.45) is 0. The minimum Gasteiger partial charge on any atom is -0.457 e. The van der Waals surface area contributed by atoms with Crippen LogP contribution in [0.5, 0.6) is 11.5 Å². The Hall–Kier alpha value is -1.69. The van der Waals surface area contributed by atoms with Gasteiger partial charge in [-0.3, -0.25) is 0 Å². The highest BCUT2D eigenvalue weighted by molar-refractivity contribution is 6.31. The molecule has 4 heteroatoms. The standard InChI is InChI=1S/C13H7Cl2NO/c14-10-2-5-11(6-3-10)17-12-4-1-9(8-16)13(15)7-12/h1-7H. The van der Waals surface area contributed by atoms with Crippen LogP contribution in [-0.2, 0) is 0 Å². The molecule has 0 N–H and O–H groups in total. The summed E-state index contributed by atoms with van der Waals surface area (Å²) in [5.74, 6) is 1.24. The predicted octanol–water partition coefficient (Wildman–Crippen LogP) is 4.66. The summed E-state index contributed by atoms with van der Waals surface area (Å²) in [6.45, 7) is 0. The lowest BCUT2D eigenvalue weighted by Crippen LogP contribution is -1.85. The molecule has 0 aromatic heterocycles. The second-order valence-corrected chi connectivity index (χ2v) is 4.15. The van der Waals surface area contributed by atoms with Gasteiger partial charge in [-0.2, -0.15) is 5.26 Å². The first kappa shape index (κ1) is 11.8. The first-order chi connectivity index (χ1) is 8.19. The molecular weight excluding hydrogens is 257 g/mol. The van der Waals surface area contributed by atoms with Gasteiger partial charge in [-0.15, -0.1) is 0 Å². The second-order valence-electron chi connectivity index (χ2n) is 3.31. The molecule has 0 fully saturated rings. The Bertz CT molecular complexity index is 573. The Kier molecular flexibility index (Phi) is 3.53. The van der Waals surface area contributed by atoms with E-state index in [0.29, 0.717) is 27.1 Å². The summed E-state index contributed by atoms with van der Waals surface area (Å²) in [6, 6.07) is 13.9. The summed E-state index contributed by atoms with van der Waals surface area (Å²) >= 11 is 11.7. The van der Waals surface area contributed by atoms with E-state index in [2.05, 4.69) is 0 Å². The van der Waals surface area contributed by atoms with Gasteiger partial charge >= 0.3 is 0 Å². The fourth-order valence-electron chi connectivity index (χ4n) is 1.29. The van der Waals surface area contributed by atoms with E-state index in [4.69, 9.17) is 33.2 Å². The molecule has 0 amide bonds. The molecule has 84 valence electrons. The van der Waals surface area contributed by atoms with Gasteiger partial charge in [0.1, 0.15) is 17.6 Å². The molecule has 0 bridgehead atoms. The summed E-state index contributed by atoms with van der Waals surface area (Å²) in [5.41, 5.74) is 0.426. The Morgan fingerprint density at radius 2 is 1.59 bits per heavy atom. The monoisotopic (exact) mass is 263 g/mol. The maximum Gasteiger partial charge on any atom is 0.129 e. The lowest BCUT2D eigenvalue weighted by atomic mass is 10.2. The zero-order valence-corrected chi connectivity index (χ0v) is 10.2. The molecule has 0 aliphatic carbocycles. The largest absolute Gasteiger partial charge is 0.457 e. The van der Waals surface area contributed by atoms with Gasteiger partial charge in [-0.05, 0) is 36.4 Å². The number of nitriles is 1. The van der Waals surface area contributed by atoms with Crippen molar-refractivity contribution in [2.45, 2.75) is 0 Å². The van der Waals surface area contributed by atoms with E-state index in [1.807, 2.05) is 6.07 Å². The van der Waals surface area contributed by atoms with Gasteiger partial charge in [0.15, 0.2) is 0 Å². The van der Waals surface area contributed by atoms with Crippen LogP contribution < -0.4 is 4.74 Å². The van der Waals surface area contributed by atoms with Crippen molar-refractivity contribution in [2.24, 2.45) is 0 Å². The normalized spacial score (nSPS) is 9.71. The van der Waals surface area contributed by atoms with Crippen LogP contribution in [0.15, 0.2) is 42.5 Å². The first-order valence-corrected chi connectivity index (χ1v) is 5.58. The minimum atomic E-state index is 0.374. The van der Waals surface area contributed by atoms with E-state index < -0.39 is 0 Å². The van der Waals surface area contributed by atoms with Gasteiger partial charge in [0.25, 0.3) is 0 Å². The molecule has 2 aromatic rings. The minimum absolute atomic E-state index is 0.374. The summed E-state index contributed by atoms with van der Waals surface area (Å²) in [4.78, 5) is 0. The number of hydrogen-bond donors (Lipinski definition) is 0. The molecular formula is C13H7Cl2NO. The van der Waals surface area contributed by atoms with Crippen molar-refractivity contribution in [3.8, 4) is 17.6 Å². The predicted molar refractivity (Wildman–Crippen MR) is 67.7 cm³/mol. The maximum atomic E-state index is 8.74. The SMILES string of the molecule is N#Cc1ccc(Oc2ccc(Cl)cc2)cc1Cl. The highest BCUT2D eigenvalue weighted by Gasteiger charge is 2.02. The van der Waals surface area contributed by atoms with E-state index in [9.17, 15) is 0 Å². The average Bonchev–Trinajstić information content (AvgIpc) is 2.32. The van der Waals surface area contributed by atoms with Gasteiger partial charge in [-0.1, -0.05) is 23.2 Å². The van der Waals surface area contributed by atoms with Crippen molar-refractivity contribution >= 4 is 23.2 Å². The van der Waals surface area contributed by atoms with E-state index in [0.717, 1.165) is 0 Å². The molecule has 2 nitrogen and oxygen atoms in total. The Labute approximate surface area is 109 Å². The third kappa shape index (κ3) is 2.91. The maximum absolute atomic E-state index is 8.74. The Morgan fingerprint density at radius 1 is 0.941 bits per heavy atom. The van der Waals surface area contributed by atoms with Crippen molar-refractivity contribution < 1.29 is 4.74 Å². The van der Waals surface area contributed by atoms with Crippen molar-refractivity contribution in [2.75, 3.05) is 0 Å². The molecule has 2 aromatic carbocycles. The highest BCUT2D eigenvalue weighted by atomic mass is 35.5. The molecule has 0 spiro atoms. The number of rotatable bonds is 2. The van der Waals surface area contributed by atoms with Gasteiger partial charge in [0.2, 0.25) is 0 Å². The molecule has 2 rings (SSSR count). The molecule has 0 saturated heterocycles. The van der Waals surface area contributed by atoms with Crippen molar-refractivity contribution in [1.82, 2.24) is 0 Å². The van der Waals surface area contributed by atoms with Crippen LogP contribution in [0, 0.1) is 11.3 Å². The van der Waals surface area contributed by atoms with E-state index in [1.54, 1.807) is 42.5 Å². The summed E-state index contributed by atoms with van der Waals surface area (Å²) in [7, 11) is 0. The molecule has 0 unspecified atom stereocenters. The number of hydrogen-bond acceptors (Lipinski definition) is 2. The third-order valence-electron chi connectivity index (χ3n) is 2.11. The highest BCUT2D eigenvalue weighted by Crippen LogP contribution is 2.27. The quantitative estimate of drug-likeness (QED) is 0.790. The first-order valence-electron chi connectivity index (χ1n) is 4.82. The van der Waals surface area contributed by atoms with Crippen LogP contribution in [0.3, 0.4) is 0 Å². The number of nitrogens with zero attached hydrogens (tertiary/aromatic N) is 1. The average molecular weight is 264 g/mol. The zero-order valence-electron chi connectivity index (χ0n) is 8.65. The van der Waals surface area contributed by atoms with Gasteiger partial charge < -0.3 is 4.74 Å². The van der Waals surface area contributed by atoms with E-state index in [-0.39, 0.29) is 0 Å². The Balaban J connectivity index is 2.22.